The number of pyridine rings is 1. The summed E-state index contributed by atoms with van der Waals surface area (Å²) in [6.07, 6.45) is 3.33. The Hall–Kier alpha value is -1.10. The Kier molecular flexibility index (Phi) is 3.85. The van der Waals surface area contributed by atoms with Gasteiger partial charge in [-0.15, -0.1) is 0 Å². The zero-order valence-corrected chi connectivity index (χ0v) is 13.4. The summed E-state index contributed by atoms with van der Waals surface area (Å²) in [6.45, 7) is 8.31. The number of fused-ring (bicyclic) bond motifs is 1. The van der Waals surface area contributed by atoms with Gasteiger partial charge < -0.3 is 4.74 Å². The van der Waals surface area contributed by atoms with Crippen LogP contribution in [0.25, 0.3) is 0 Å². The molecule has 0 unspecified atom stereocenters. The van der Waals surface area contributed by atoms with Crippen molar-refractivity contribution in [3.05, 3.63) is 21.9 Å². The van der Waals surface area contributed by atoms with Crippen molar-refractivity contribution in [1.82, 2.24) is 4.98 Å². The fourth-order valence-electron chi connectivity index (χ4n) is 2.18. The van der Waals surface area contributed by atoms with Crippen LogP contribution in [0.4, 0.5) is 10.5 Å². The van der Waals surface area contributed by atoms with Crippen molar-refractivity contribution in [3.8, 4) is 0 Å². The van der Waals surface area contributed by atoms with Gasteiger partial charge in [0.25, 0.3) is 0 Å². The number of anilines is 1. The maximum absolute atomic E-state index is 12.3. The summed E-state index contributed by atoms with van der Waals surface area (Å²) in [7, 11) is 0. The van der Waals surface area contributed by atoms with Crippen molar-refractivity contribution in [1.29, 1.82) is 0 Å². The summed E-state index contributed by atoms with van der Waals surface area (Å²) in [5.74, 6) is 0. The van der Waals surface area contributed by atoms with Crippen molar-refractivity contribution >= 4 is 27.7 Å². The van der Waals surface area contributed by atoms with E-state index in [2.05, 4.69) is 20.9 Å². The molecule has 0 fully saturated rings. The Morgan fingerprint density at radius 2 is 2.16 bits per heavy atom. The highest BCUT2D eigenvalue weighted by molar-refractivity contribution is 9.10. The van der Waals surface area contributed by atoms with Crippen LogP contribution in [0.5, 0.6) is 0 Å². The molecule has 2 heterocycles. The van der Waals surface area contributed by atoms with Crippen LogP contribution in [-0.2, 0) is 11.2 Å². The van der Waals surface area contributed by atoms with E-state index in [1.54, 1.807) is 11.1 Å². The Balaban J connectivity index is 2.37. The van der Waals surface area contributed by atoms with E-state index in [0.29, 0.717) is 6.54 Å². The number of halogens is 1. The molecule has 4 nitrogen and oxygen atoms in total. The summed E-state index contributed by atoms with van der Waals surface area (Å²) in [5, 5.41) is 0. The average Bonchev–Trinajstić information content (AvgIpc) is 2.31. The Morgan fingerprint density at radius 3 is 2.79 bits per heavy atom. The Labute approximate surface area is 122 Å². The molecule has 19 heavy (non-hydrogen) atoms. The van der Waals surface area contributed by atoms with Gasteiger partial charge in [0.2, 0.25) is 0 Å². The van der Waals surface area contributed by atoms with Crippen molar-refractivity contribution in [2.75, 3.05) is 11.4 Å². The number of nitrogens with zero attached hydrogens (tertiary/aromatic N) is 2. The predicted molar refractivity (Wildman–Crippen MR) is 78.6 cm³/mol. The van der Waals surface area contributed by atoms with Crippen LogP contribution >= 0.6 is 15.9 Å². The first-order valence-corrected chi connectivity index (χ1v) is 7.23. The van der Waals surface area contributed by atoms with Crippen LogP contribution < -0.4 is 4.90 Å². The molecule has 1 aromatic heterocycles. The number of carbonyl (C=O) groups excluding carboxylic acids is 1. The lowest BCUT2D eigenvalue weighted by Gasteiger charge is -2.32. The third kappa shape index (κ3) is 3.08. The maximum Gasteiger partial charge on any atom is 0.414 e. The highest BCUT2D eigenvalue weighted by atomic mass is 79.9. The Bertz CT molecular complexity index is 509. The molecule has 0 radical (unpaired) electrons. The lowest BCUT2D eigenvalue weighted by molar-refractivity contribution is 0.0577. The molecule has 0 N–H and O–H groups in total. The van der Waals surface area contributed by atoms with E-state index >= 15 is 0 Å². The monoisotopic (exact) mass is 326 g/mol. The highest BCUT2D eigenvalue weighted by Gasteiger charge is 2.29. The number of ether oxygens (including phenoxy) is 1. The molecule has 0 aliphatic carbocycles. The number of rotatable bonds is 0. The van der Waals surface area contributed by atoms with E-state index in [9.17, 15) is 4.79 Å². The van der Waals surface area contributed by atoms with Crippen LogP contribution in [0.15, 0.2) is 10.7 Å². The predicted octanol–water partition coefficient (Wildman–Crippen LogP) is 3.84. The molecule has 1 aromatic rings. The van der Waals surface area contributed by atoms with Gasteiger partial charge in [-0.1, -0.05) is 0 Å². The number of carbonyl (C=O) groups is 1. The first-order valence-electron chi connectivity index (χ1n) is 6.44. The third-order valence-electron chi connectivity index (χ3n) is 3.00. The molecule has 104 valence electrons. The molecule has 1 aliphatic heterocycles. The highest BCUT2D eigenvalue weighted by Crippen LogP contribution is 2.34. The molecule has 0 saturated carbocycles. The standard InChI is InChI=1S/C14H19BrN2O2/c1-9-10(15)8-16-11-6-5-7-17(12(9)11)13(18)19-14(2,3)4/h8H,5-7H2,1-4H3. The van der Waals surface area contributed by atoms with E-state index in [-0.39, 0.29) is 6.09 Å². The zero-order valence-electron chi connectivity index (χ0n) is 11.8. The number of hydrogen-bond donors (Lipinski definition) is 0. The first-order chi connectivity index (χ1) is 8.79. The molecule has 2 rings (SSSR count). The van der Waals surface area contributed by atoms with Crippen molar-refractivity contribution in [2.24, 2.45) is 0 Å². The quantitative estimate of drug-likeness (QED) is 0.727. The van der Waals surface area contributed by atoms with Crippen molar-refractivity contribution in [3.63, 3.8) is 0 Å². The number of hydrogen-bond acceptors (Lipinski definition) is 3. The Morgan fingerprint density at radius 1 is 1.47 bits per heavy atom. The maximum atomic E-state index is 12.3. The first kappa shape index (κ1) is 14.3. The van der Waals surface area contributed by atoms with Gasteiger partial charge >= 0.3 is 6.09 Å². The van der Waals surface area contributed by atoms with Gasteiger partial charge in [0.1, 0.15) is 5.60 Å². The van der Waals surface area contributed by atoms with Gasteiger partial charge in [0.05, 0.1) is 11.4 Å². The van der Waals surface area contributed by atoms with E-state index < -0.39 is 5.60 Å². The smallest absolute Gasteiger partial charge is 0.414 e. The fraction of sp³-hybridized carbons (Fsp3) is 0.571. The second kappa shape index (κ2) is 5.12. The molecule has 1 amide bonds. The van der Waals surface area contributed by atoms with E-state index in [1.807, 2.05) is 27.7 Å². The van der Waals surface area contributed by atoms with Gasteiger partial charge in [-0.25, -0.2) is 4.79 Å². The van der Waals surface area contributed by atoms with Gasteiger partial charge in [0, 0.05) is 17.2 Å². The summed E-state index contributed by atoms with van der Waals surface area (Å²) in [4.78, 5) is 18.4. The minimum atomic E-state index is -0.484. The van der Waals surface area contributed by atoms with Crippen LogP contribution in [0, 0.1) is 6.92 Å². The van der Waals surface area contributed by atoms with Crippen LogP contribution in [0.1, 0.15) is 38.4 Å². The van der Waals surface area contributed by atoms with Crippen LogP contribution in [0.2, 0.25) is 0 Å². The van der Waals surface area contributed by atoms with E-state index in [1.165, 1.54) is 0 Å². The van der Waals surface area contributed by atoms with Gasteiger partial charge in [-0.2, -0.15) is 0 Å². The molecule has 0 spiro atoms. The summed E-state index contributed by atoms with van der Waals surface area (Å²) in [6, 6.07) is 0. The second-order valence-electron chi connectivity index (χ2n) is 5.76. The number of aryl methyl sites for hydroxylation is 1. The topological polar surface area (TPSA) is 42.4 Å². The molecular weight excluding hydrogens is 308 g/mol. The largest absolute Gasteiger partial charge is 0.443 e. The number of amides is 1. The van der Waals surface area contributed by atoms with Crippen LogP contribution in [-0.4, -0.2) is 23.2 Å². The summed E-state index contributed by atoms with van der Waals surface area (Å²) < 4.78 is 6.39. The third-order valence-corrected chi connectivity index (χ3v) is 3.80. The normalized spacial score (nSPS) is 15.1. The fourth-order valence-corrected chi connectivity index (χ4v) is 2.47. The van der Waals surface area contributed by atoms with Gasteiger partial charge in [0.15, 0.2) is 0 Å². The van der Waals surface area contributed by atoms with Crippen LogP contribution in [0.3, 0.4) is 0 Å². The molecule has 0 saturated heterocycles. The SMILES string of the molecule is Cc1c(Br)cnc2c1N(C(=O)OC(C)(C)C)CCC2. The van der Waals surface area contributed by atoms with Crippen molar-refractivity contribution < 1.29 is 9.53 Å². The lowest BCUT2D eigenvalue weighted by atomic mass is 10.0. The van der Waals surface area contributed by atoms with Gasteiger partial charge in [-0.05, 0) is 62.0 Å². The number of aromatic nitrogens is 1. The molecule has 0 bridgehead atoms. The molecule has 1 aliphatic rings. The molecule has 5 heteroatoms. The average molecular weight is 327 g/mol. The molecular formula is C14H19BrN2O2. The van der Waals surface area contributed by atoms with Gasteiger partial charge in [-0.3, -0.25) is 9.88 Å². The molecule has 0 aromatic carbocycles. The summed E-state index contributed by atoms with van der Waals surface area (Å²) >= 11 is 3.47. The van der Waals surface area contributed by atoms with Crippen molar-refractivity contribution in [2.45, 2.75) is 46.1 Å². The minimum Gasteiger partial charge on any atom is -0.443 e. The summed E-state index contributed by atoms with van der Waals surface area (Å²) in [5.41, 5.74) is 2.42. The van der Waals surface area contributed by atoms with E-state index in [0.717, 1.165) is 34.3 Å². The molecule has 0 atom stereocenters. The second-order valence-corrected chi connectivity index (χ2v) is 6.62. The minimum absolute atomic E-state index is 0.295. The lowest BCUT2D eigenvalue weighted by Crippen LogP contribution is -2.40. The van der Waals surface area contributed by atoms with E-state index in [4.69, 9.17) is 4.74 Å². The zero-order chi connectivity index (χ0) is 14.2.